The SMILES string of the molecule is CN1C2CCCC1CC(NC(=O)C1CC(O)CN1)C2.Cl.Cl. The topological polar surface area (TPSA) is 64.6 Å². The number of aliphatic hydroxyl groups is 1. The molecule has 1 amide bonds. The summed E-state index contributed by atoms with van der Waals surface area (Å²) in [6, 6.07) is 1.40. The summed E-state index contributed by atoms with van der Waals surface area (Å²) in [5.41, 5.74) is 0. The number of β-amino-alcohol motifs (C(OH)–C–C–N with tert-alkyl or cyclic N) is 1. The van der Waals surface area contributed by atoms with Gasteiger partial charge < -0.3 is 20.6 Å². The molecule has 0 radical (unpaired) electrons. The van der Waals surface area contributed by atoms with Gasteiger partial charge in [0.2, 0.25) is 5.91 Å². The zero-order chi connectivity index (χ0) is 13.4. The summed E-state index contributed by atoms with van der Waals surface area (Å²) < 4.78 is 0. The molecule has 7 heteroatoms. The summed E-state index contributed by atoms with van der Waals surface area (Å²) in [5.74, 6) is 0.0733. The summed E-state index contributed by atoms with van der Waals surface area (Å²) in [6.07, 6.45) is 6.19. The number of amides is 1. The first-order valence-electron chi connectivity index (χ1n) is 7.57. The fourth-order valence-electron chi connectivity index (χ4n) is 3.95. The van der Waals surface area contributed by atoms with Crippen LogP contribution in [0.4, 0.5) is 0 Å². The third-order valence-corrected chi connectivity index (χ3v) is 5.11. The third-order valence-electron chi connectivity index (χ3n) is 5.11. The number of nitrogens with one attached hydrogen (secondary N) is 2. The van der Waals surface area contributed by atoms with Crippen LogP contribution in [0.1, 0.15) is 38.5 Å². The van der Waals surface area contributed by atoms with Gasteiger partial charge in [-0.1, -0.05) is 6.42 Å². The predicted molar refractivity (Wildman–Crippen MR) is 87.3 cm³/mol. The highest BCUT2D eigenvalue weighted by atomic mass is 35.5. The van der Waals surface area contributed by atoms with Gasteiger partial charge in [-0.15, -0.1) is 24.8 Å². The van der Waals surface area contributed by atoms with E-state index in [9.17, 15) is 9.90 Å². The summed E-state index contributed by atoms with van der Waals surface area (Å²) in [7, 11) is 2.22. The number of nitrogens with zero attached hydrogens (tertiary/aromatic N) is 1. The number of fused-ring (bicyclic) bond motifs is 2. The lowest BCUT2D eigenvalue weighted by Crippen LogP contribution is -2.56. The van der Waals surface area contributed by atoms with E-state index in [4.69, 9.17) is 0 Å². The number of rotatable bonds is 2. The van der Waals surface area contributed by atoms with Crippen molar-refractivity contribution >= 4 is 30.7 Å². The Hall–Kier alpha value is -0.0700. The molecule has 3 aliphatic heterocycles. The van der Waals surface area contributed by atoms with Crippen molar-refractivity contribution in [3.05, 3.63) is 0 Å². The molecule has 0 aliphatic carbocycles. The summed E-state index contributed by atoms with van der Waals surface area (Å²) in [6.45, 7) is 0.538. The van der Waals surface area contributed by atoms with Gasteiger partial charge in [0.25, 0.3) is 0 Å². The van der Waals surface area contributed by atoms with E-state index < -0.39 is 0 Å². The van der Waals surface area contributed by atoms with Gasteiger partial charge >= 0.3 is 0 Å². The van der Waals surface area contributed by atoms with Crippen LogP contribution in [0.25, 0.3) is 0 Å². The van der Waals surface area contributed by atoms with Crippen molar-refractivity contribution in [1.82, 2.24) is 15.5 Å². The molecule has 4 unspecified atom stereocenters. The largest absolute Gasteiger partial charge is 0.392 e. The molecule has 4 atom stereocenters. The maximum atomic E-state index is 12.2. The minimum Gasteiger partial charge on any atom is -0.392 e. The highest BCUT2D eigenvalue weighted by Crippen LogP contribution is 2.32. The van der Waals surface area contributed by atoms with E-state index in [1.54, 1.807) is 0 Å². The minimum atomic E-state index is -0.368. The molecule has 3 aliphatic rings. The molecular formula is C14H27Cl2N3O2. The van der Waals surface area contributed by atoms with E-state index in [2.05, 4.69) is 22.6 Å². The Bertz CT molecular complexity index is 345. The molecule has 5 nitrogen and oxygen atoms in total. The number of piperidine rings is 2. The van der Waals surface area contributed by atoms with E-state index in [1.807, 2.05) is 0 Å². The monoisotopic (exact) mass is 339 g/mol. The van der Waals surface area contributed by atoms with Crippen molar-refractivity contribution in [2.45, 2.75) is 68.8 Å². The van der Waals surface area contributed by atoms with Gasteiger partial charge in [0.05, 0.1) is 12.1 Å². The van der Waals surface area contributed by atoms with Crippen LogP contribution in [-0.2, 0) is 4.79 Å². The Balaban J connectivity index is 0.00000110. The number of carbonyl (C=O) groups is 1. The Morgan fingerprint density at radius 3 is 2.33 bits per heavy atom. The fourth-order valence-corrected chi connectivity index (χ4v) is 3.95. The number of hydrogen-bond acceptors (Lipinski definition) is 4. The van der Waals surface area contributed by atoms with Gasteiger partial charge in [0.15, 0.2) is 0 Å². The van der Waals surface area contributed by atoms with Crippen LogP contribution in [0.2, 0.25) is 0 Å². The van der Waals surface area contributed by atoms with Crippen molar-refractivity contribution in [3.8, 4) is 0 Å². The molecule has 3 N–H and O–H groups in total. The fraction of sp³-hybridized carbons (Fsp3) is 0.929. The number of carbonyl (C=O) groups excluding carboxylic acids is 1. The Morgan fingerprint density at radius 2 is 1.81 bits per heavy atom. The van der Waals surface area contributed by atoms with Crippen LogP contribution in [0.15, 0.2) is 0 Å². The van der Waals surface area contributed by atoms with Gasteiger partial charge in [-0.2, -0.15) is 0 Å². The van der Waals surface area contributed by atoms with Crippen LogP contribution >= 0.6 is 24.8 Å². The molecule has 124 valence electrons. The van der Waals surface area contributed by atoms with E-state index in [1.165, 1.54) is 19.3 Å². The zero-order valence-electron chi connectivity index (χ0n) is 12.5. The molecule has 2 bridgehead atoms. The second kappa shape index (κ2) is 7.97. The third kappa shape index (κ3) is 4.23. The highest BCUT2D eigenvalue weighted by molar-refractivity contribution is 5.85. The van der Waals surface area contributed by atoms with Crippen LogP contribution in [0.5, 0.6) is 0 Å². The molecular weight excluding hydrogens is 313 g/mol. The van der Waals surface area contributed by atoms with Crippen molar-refractivity contribution in [3.63, 3.8) is 0 Å². The molecule has 0 aromatic carbocycles. The molecule has 3 rings (SSSR count). The molecule has 0 aromatic heterocycles. The van der Waals surface area contributed by atoms with Gasteiger partial charge in [0.1, 0.15) is 0 Å². The first-order chi connectivity index (χ1) is 9.13. The lowest BCUT2D eigenvalue weighted by Gasteiger charge is -2.47. The molecule has 0 aromatic rings. The van der Waals surface area contributed by atoms with E-state index in [-0.39, 0.29) is 42.9 Å². The molecule has 21 heavy (non-hydrogen) atoms. The van der Waals surface area contributed by atoms with Crippen LogP contribution < -0.4 is 10.6 Å². The summed E-state index contributed by atoms with van der Waals surface area (Å²) in [5, 5.41) is 15.7. The van der Waals surface area contributed by atoms with Gasteiger partial charge in [-0.3, -0.25) is 4.79 Å². The van der Waals surface area contributed by atoms with Gasteiger partial charge in [-0.05, 0) is 39.2 Å². The second-order valence-corrected chi connectivity index (χ2v) is 6.43. The van der Waals surface area contributed by atoms with Gasteiger partial charge in [-0.25, -0.2) is 0 Å². The maximum absolute atomic E-state index is 12.2. The van der Waals surface area contributed by atoms with Crippen molar-refractivity contribution in [2.75, 3.05) is 13.6 Å². The lowest BCUT2D eigenvalue weighted by molar-refractivity contribution is -0.124. The van der Waals surface area contributed by atoms with Crippen molar-refractivity contribution in [1.29, 1.82) is 0 Å². The predicted octanol–water partition coefficient (Wildman–Crippen LogP) is 0.684. The van der Waals surface area contributed by atoms with E-state index >= 15 is 0 Å². The van der Waals surface area contributed by atoms with E-state index in [0.717, 1.165) is 12.8 Å². The Labute approximate surface area is 139 Å². The molecule has 3 heterocycles. The minimum absolute atomic E-state index is 0. The molecule has 0 saturated carbocycles. The number of halogens is 2. The second-order valence-electron chi connectivity index (χ2n) is 6.43. The molecule has 3 fully saturated rings. The Kier molecular flexibility index (Phi) is 7.20. The smallest absolute Gasteiger partial charge is 0.237 e. The van der Waals surface area contributed by atoms with Gasteiger partial charge in [0, 0.05) is 24.7 Å². The quantitative estimate of drug-likeness (QED) is 0.692. The summed E-state index contributed by atoms with van der Waals surface area (Å²) in [4.78, 5) is 14.7. The zero-order valence-corrected chi connectivity index (χ0v) is 14.1. The van der Waals surface area contributed by atoms with Crippen molar-refractivity contribution < 1.29 is 9.90 Å². The van der Waals surface area contributed by atoms with Crippen LogP contribution in [0.3, 0.4) is 0 Å². The lowest BCUT2D eigenvalue weighted by atomic mass is 9.82. The number of hydrogen-bond donors (Lipinski definition) is 3. The average Bonchev–Trinajstić information content (AvgIpc) is 2.77. The summed E-state index contributed by atoms with van der Waals surface area (Å²) >= 11 is 0. The molecule has 0 spiro atoms. The highest BCUT2D eigenvalue weighted by Gasteiger charge is 2.37. The van der Waals surface area contributed by atoms with Crippen molar-refractivity contribution in [2.24, 2.45) is 0 Å². The Morgan fingerprint density at radius 1 is 1.19 bits per heavy atom. The first kappa shape index (κ1) is 19.0. The molecule has 3 saturated heterocycles. The van der Waals surface area contributed by atoms with Crippen LogP contribution in [0, 0.1) is 0 Å². The average molecular weight is 340 g/mol. The maximum Gasteiger partial charge on any atom is 0.237 e. The first-order valence-corrected chi connectivity index (χ1v) is 7.57. The number of aliphatic hydroxyl groups excluding tert-OH is 1. The standard InChI is InChI=1S/C14H25N3O2.2ClH/c1-17-10-3-2-4-11(17)6-9(5-10)16-14(19)13-7-12(18)8-15-13;;/h9-13,15,18H,2-8H2,1H3,(H,16,19);2*1H. The van der Waals surface area contributed by atoms with E-state index in [0.29, 0.717) is 31.1 Å². The van der Waals surface area contributed by atoms with Crippen LogP contribution in [-0.4, -0.2) is 59.8 Å². The normalized spacial score (nSPS) is 39.0.